The molecule has 2 N–H and O–H groups in total. The summed E-state index contributed by atoms with van der Waals surface area (Å²) in [5.74, 6) is -0.360. The molecular formula is C26H26ClN5O4S. The first-order valence-corrected chi connectivity index (χ1v) is 13.8. The minimum absolute atomic E-state index is 0.115. The number of benzene rings is 2. The zero-order valence-electron chi connectivity index (χ0n) is 19.9. The molecule has 2 aromatic heterocycles. The zero-order chi connectivity index (χ0) is 26.0. The Morgan fingerprint density at radius 1 is 1.11 bits per heavy atom. The minimum Gasteiger partial charge on any atom is -0.349 e. The van der Waals surface area contributed by atoms with Crippen molar-refractivity contribution in [2.75, 3.05) is 6.54 Å². The number of amides is 1. The molecule has 0 spiro atoms. The van der Waals surface area contributed by atoms with Crippen LogP contribution in [0.4, 0.5) is 0 Å². The number of hydrogen-bond acceptors (Lipinski definition) is 5. The van der Waals surface area contributed by atoms with E-state index in [1.165, 1.54) is 22.5 Å². The maximum Gasteiger partial charge on any atom is 0.250 e. The van der Waals surface area contributed by atoms with E-state index in [1.807, 2.05) is 6.07 Å². The second-order valence-corrected chi connectivity index (χ2v) is 11.3. The summed E-state index contributed by atoms with van der Waals surface area (Å²) < 4.78 is 29.9. The minimum atomic E-state index is -3.90. The van der Waals surface area contributed by atoms with Gasteiger partial charge >= 0.3 is 0 Å². The molecule has 1 unspecified atom stereocenters. The molecule has 11 heteroatoms. The zero-order valence-corrected chi connectivity index (χ0v) is 21.5. The van der Waals surface area contributed by atoms with Crippen LogP contribution in [0.1, 0.15) is 30.5 Å². The van der Waals surface area contributed by atoms with Crippen LogP contribution in [-0.2, 0) is 27.9 Å². The largest absolute Gasteiger partial charge is 0.349 e. The molecule has 9 nitrogen and oxygen atoms in total. The van der Waals surface area contributed by atoms with Crippen molar-refractivity contribution in [2.45, 2.75) is 43.3 Å². The Balaban J connectivity index is 1.31. The van der Waals surface area contributed by atoms with Crippen LogP contribution in [0, 0.1) is 0 Å². The number of rotatable bonds is 7. The SMILES string of the molecule is O=C(NCc1n[nH]c2ccc(Cl)cc12)C1CCCCN1S(=O)(=O)c1ccc(Cn2ccccc2=O)cc1. The van der Waals surface area contributed by atoms with Gasteiger partial charge in [-0.3, -0.25) is 14.7 Å². The molecule has 0 aliphatic carbocycles. The highest BCUT2D eigenvalue weighted by atomic mass is 35.5. The van der Waals surface area contributed by atoms with Gasteiger partial charge in [0.05, 0.1) is 29.2 Å². The van der Waals surface area contributed by atoms with Crippen LogP contribution in [0.25, 0.3) is 10.9 Å². The van der Waals surface area contributed by atoms with E-state index in [4.69, 9.17) is 11.6 Å². The molecule has 192 valence electrons. The fraction of sp³-hybridized carbons (Fsp3) is 0.269. The number of carbonyl (C=O) groups is 1. The predicted octanol–water partition coefficient (Wildman–Crippen LogP) is 3.29. The van der Waals surface area contributed by atoms with Crippen molar-refractivity contribution in [1.82, 2.24) is 24.4 Å². The molecule has 1 amide bonds. The van der Waals surface area contributed by atoms with Crippen LogP contribution in [-0.4, -0.2) is 46.0 Å². The number of piperidine rings is 1. The Kier molecular flexibility index (Phi) is 7.14. The molecule has 1 aliphatic heterocycles. The van der Waals surface area contributed by atoms with Crippen molar-refractivity contribution in [3.05, 3.63) is 93.5 Å². The van der Waals surface area contributed by atoms with E-state index >= 15 is 0 Å². The molecule has 5 rings (SSSR count). The second kappa shape index (κ2) is 10.5. The van der Waals surface area contributed by atoms with Crippen LogP contribution in [0.3, 0.4) is 0 Å². The van der Waals surface area contributed by atoms with Gasteiger partial charge in [0.1, 0.15) is 6.04 Å². The average Bonchev–Trinajstić information content (AvgIpc) is 3.31. The number of aromatic nitrogens is 3. The average molecular weight is 540 g/mol. The monoisotopic (exact) mass is 539 g/mol. The number of nitrogens with one attached hydrogen (secondary N) is 2. The van der Waals surface area contributed by atoms with E-state index in [1.54, 1.807) is 47.2 Å². The molecule has 37 heavy (non-hydrogen) atoms. The molecule has 1 atom stereocenters. The van der Waals surface area contributed by atoms with Crippen molar-refractivity contribution < 1.29 is 13.2 Å². The summed E-state index contributed by atoms with van der Waals surface area (Å²) in [6.07, 6.45) is 3.56. The molecule has 4 aromatic rings. The number of nitrogens with zero attached hydrogens (tertiary/aromatic N) is 3. The van der Waals surface area contributed by atoms with Gasteiger partial charge in [-0.1, -0.05) is 36.2 Å². The van der Waals surface area contributed by atoms with Gasteiger partial charge in [-0.15, -0.1) is 0 Å². The van der Waals surface area contributed by atoms with Crippen molar-refractivity contribution >= 4 is 38.4 Å². The van der Waals surface area contributed by atoms with Gasteiger partial charge in [0.25, 0.3) is 5.56 Å². The van der Waals surface area contributed by atoms with E-state index < -0.39 is 16.1 Å². The summed E-state index contributed by atoms with van der Waals surface area (Å²) in [4.78, 5) is 25.3. The summed E-state index contributed by atoms with van der Waals surface area (Å²) in [7, 11) is -3.90. The molecule has 2 aromatic carbocycles. The molecule has 0 bridgehead atoms. The lowest BCUT2D eigenvalue weighted by Gasteiger charge is -2.33. The second-order valence-electron chi connectivity index (χ2n) is 9.02. The van der Waals surface area contributed by atoms with E-state index in [-0.39, 0.29) is 29.5 Å². The highest BCUT2D eigenvalue weighted by Crippen LogP contribution is 2.26. The smallest absolute Gasteiger partial charge is 0.250 e. The Labute approximate surface area is 219 Å². The van der Waals surface area contributed by atoms with E-state index in [0.717, 1.165) is 22.9 Å². The van der Waals surface area contributed by atoms with Crippen LogP contribution in [0.2, 0.25) is 5.02 Å². The molecule has 1 saturated heterocycles. The van der Waals surface area contributed by atoms with Crippen molar-refractivity contribution in [2.24, 2.45) is 0 Å². The van der Waals surface area contributed by atoms with Gasteiger partial charge in [-0.05, 0) is 54.8 Å². The third kappa shape index (κ3) is 5.31. The molecule has 0 radical (unpaired) electrons. The number of carbonyl (C=O) groups excluding carboxylic acids is 1. The van der Waals surface area contributed by atoms with Crippen molar-refractivity contribution in [1.29, 1.82) is 0 Å². The maximum atomic E-state index is 13.5. The van der Waals surface area contributed by atoms with Crippen LogP contribution >= 0.6 is 11.6 Å². The Bertz CT molecular complexity index is 1600. The van der Waals surface area contributed by atoms with Crippen LogP contribution < -0.4 is 10.9 Å². The Morgan fingerprint density at radius 3 is 2.70 bits per heavy atom. The van der Waals surface area contributed by atoms with Crippen LogP contribution in [0.15, 0.2) is 76.6 Å². The van der Waals surface area contributed by atoms with Gasteiger partial charge in [0, 0.05) is 29.2 Å². The molecular weight excluding hydrogens is 514 g/mol. The Morgan fingerprint density at radius 2 is 1.92 bits per heavy atom. The number of pyridine rings is 1. The van der Waals surface area contributed by atoms with Gasteiger partial charge in [-0.2, -0.15) is 9.40 Å². The Hall–Kier alpha value is -3.47. The number of hydrogen-bond donors (Lipinski definition) is 2. The summed E-state index contributed by atoms with van der Waals surface area (Å²) in [5, 5.41) is 11.4. The van der Waals surface area contributed by atoms with Gasteiger partial charge in [0.2, 0.25) is 15.9 Å². The lowest BCUT2D eigenvalue weighted by atomic mass is 10.0. The standard InChI is InChI=1S/C26H26ClN5O4S/c27-19-9-12-22-21(15-19)23(30-29-22)16-28-26(34)24-5-1-4-14-32(24)37(35,36)20-10-7-18(8-11-20)17-31-13-3-2-6-25(31)33/h2-3,6-13,15,24H,1,4-5,14,16-17H2,(H,28,34)(H,29,30). The third-order valence-corrected chi connectivity index (χ3v) is 8.73. The first-order valence-electron chi connectivity index (χ1n) is 12.0. The highest BCUT2D eigenvalue weighted by molar-refractivity contribution is 7.89. The topological polar surface area (TPSA) is 117 Å². The third-order valence-electron chi connectivity index (χ3n) is 6.57. The van der Waals surface area contributed by atoms with Crippen molar-refractivity contribution in [3.63, 3.8) is 0 Å². The fourth-order valence-electron chi connectivity index (χ4n) is 4.61. The van der Waals surface area contributed by atoms with Crippen molar-refractivity contribution in [3.8, 4) is 0 Å². The highest BCUT2D eigenvalue weighted by Gasteiger charge is 2.37. The molecule has 1 aliphatic rings. The number of halogens is 1. The summed E-state index contributed by atoms with van der Waals surface area (Å²) in [6, 6.07) is 15.9. The molecule has 0 saturated carbocycles. The normalized spacial score (nSPS) is 16.6. The fourth-order valence-corrected chi connectivity index (χ4v) is 6.44. The first-order chi connectivity index (χ1) is 17.8. The van der Waals surface area contributed by atoms with Gasteiger partial charge in [0.15, 0.2) is 0 Å². The number of fused-ring (bicyclic) bond motifs is 1. The molecule has 1 fully saturated rings. The number of sulfonamides is 1. The quantitative estimate of drug-likeness (QED) is 0.374. The van der Waals surface area contributed by atoms with E-state index in [9.17, 15) is 18.0 Å². The van der Waals surface area contributed by atoms with E-state index in [2.05, 4.69) is 15.5 Å². The van der Waals surface area contributed by atoms with Crippen LogP contribution in [0.5, 0.6) is 0 Å². The first kappa shape index (κ1) is 25.2. The lowest BCUT2D eigenvalue weighted by Crippen LogP contribution is -2.51. The predicted molar refractivity (Wildman–Crippen MR) is 141 cm³/mol. The summed E-state index contributed by atoms with van der Waals surface area (Å²) in [5.41, 5.74) is 2.10. The van der Waals surface area contributed by atoms with Gasteiger partial charge < -0.3 is 9.88 Å². The molecule has 3 heterocycles. The summed E-state index contributed by atoms with van der Waals surface area (Å²) in [6.45, 7) is 0.751. The number of aromatic amines is 1. The van der Waals surface area contributed by atoms with E-state index in [0.29, 0.717) is 30.1 Å². The van der Waals surface area contributed by atoms with Gasteiger partial charge in [-0.25, -0.2) is 8.42 Å². The summed E-state index contributed by atoms with van der Waals surface area (Å²) >= 11 is 6.10. The lowest BCUT2D eigenvalue weighted by molar-refractivity contribution is -0.125. The number of H-pyrrole nitrogens is 1. The maximum absolute atomic E-state index is 13.5.